The number of carboxylic acid groups (broad SMARTS) is 1. The van der Waals surface area contributed by atoms with Gasteiger partial charge < -0.3 is 5.11 Å². The molecule has 0 aromatic heterocycles. The van der Waals surface area contributed by atoms with Gasteiger partial charge in [0.15, 0.2) is 0 Å². The quantitative estimate of drug-likeness (QED) is 0.179. The lowest BCUT2D eigenvalue weighted by Gasteiger charge is -2.22. The fraction of sp³-hybridized carbons (Fsp3) is 0.269. The second kappa shape index (κ2) is 7.76. The van der Waals surface area contributed by atoms with Gasteiger partial charge in [0.05, 0.1) is 0 Å². The van der Waals surface area contributed by atoms with Crippen molar-refractivity contribution in [1.29, 1.82) is 0 Å². The maximum absolute atomic E-state index is 10.9. The smallest absolute Gasteiger partial charge is 0.303 e. The van der Waals surface area contributed by atoms with Crippen LogP contribution in [0.4, 0.5) is 0 Å². The van der Waals surface area contributed by atoms with E-state index < -0.39 is 13.9 Å². The summed E-state index contributed by atoms with van der Waals surface area (Å²) < 4.78 is 0. The van der Waals surface area contributed by atoms with Crippen molar-refractivity contribution in [3.8, 4) is 0 Å². The lowest BCUT2D eigenvalue weighted by atomic mass is 10.1. The predicted octanol–water partition coefficient (Wildman–Crippen LogP) is 4.57. The van der Waals surface area contributed by atoms with Gasteiger partial charge >= 0.3 is 5.97 Å². The summed E-state index contributed by atoms with van der Waals surface area (Å²) in [5.74, 6) is -0.687. The first-order valence-corrected chi connectivity index (χ1v) is 11.9. The minimum atomic E-state index is -0.687. The van der Waals surface area contributed by atoms with Crippen molar-refractivity contribution in [2.24, 2.45) is 0 Å². The standard InChI is InChI=1S/C26H23O2P.HI/c27-26(28)4-2-1-3-23-24-15-18(24)7-10-25(23)29(21-8-5-16-11-19(16)13-21)22-9-6-17-12-20(17)14-22;/h5-10,13-14H,1-4,11-12,15H2,(H,27,28);1H. The van der Waals surface area contributed by atoms with Crippen LogP contribution in [-0.4, -0.2) is 11.1 Å². The Hall–Kier alpha value is -1.71. The van der Waals surface area contributed by atoms with E-state index in [2.05, 4.69) is 48.5 Å². The van der Waals surface area contributed by atoms with E-state index in [0.717, 1.165) is 38.5 Å². The molecule has 0 fully saturated rings. The third kappa shape index (κ3) is 3.83. The van der Waals surface area contributed by atoms with Gasteiger partial charge in [-0.25, -0.2) is 0 Å². The second-order valence-corrected chi connectivity index (χ2v) is 10.8. The molecule has 0 radical (unpaired) electrons. The van der Waals surface area contributed by atoms with Crippen LogP contribution in [0.15, 0.2) is 48.5 Å². The van der Waals surface area contributed by atoms with Gasteiger partial charge in [0.2, 0.25) is 0 Å². The van der Waals surface area contributed by atoms with Crippen LogP contribution >= 0.6 is 31.9 Å². The molecule has 3 aromatic carbocycles. The molecule has 3 aliphatic rings. The molecule has 0 amide bonds. The van der Waals surface area contributed by atoms with Crippen LogP contribution in [0.2, 0.25) is 0 Å². The molecule has 0 atom stereocenters. The van der Waals surface area contributed by atoms with E-state index in [1.54, 1.807) is 0 Å². The number of halogens is 1. The zero-order valence-electron chi connectivity index (χ0n) is 16.8. The molecule has 0 aliphatic heterocycles. The van der Waals surface area contributed by atoms with Gasteiger partial charge in [-0.2, -0.15) is 0 Å². The molecule has 6 rings (SSSR count). The molecule has 152 valence electrons. The molecule has 0 saturated carbocycles. The number of carbonyl (C=O) groups is 1. The van der Waals surface area contributed by atoms with Crippen molar-refractivity contribution in [3.63, 3.8) is 0 Å². The van der Waals surface area contributed by atoms with Crippen LogP contribution in [0.3, 0.4) is 0 Å². The molecular formula is C26H24IO2P. The number of hydrogen-bond donors (Lipinski definition) is 1. The van der Waals surface area contributed by atoms with Crippen molar-refractivity contribution >= 4 is 53.8 Å². The van der Waals surface area contributed by atoms with Gasteiger partial charge in [-0.3, -0.25) is 4.79 Å². The Morgan fingerprint density at radius 3 is 2.03 bits per heavy atom. The highest BCUT2D eigenvalue weighted by molar-refractivity contribution is 14.0. The number of fused-ring (bicyclic) bond motifs is 3. The Labute approximate surface area is 195 Å². The summed E-state index contributed by atoms with van der Waals surface area (Å²) in [6, 6.07) is 18.9. The summed E-state index contributed by atoms with van der Waals surface area (Å²) in [6.07, 6.45) is 6.40. The zero-order chi connectivity index (χ0) is 19.5. The molecule has 0 unspecified atom stereocenters. The van der Waals surface area contributed by atoms with Gasteiger partial charge in [-0.1, -0.05) is 48.5 Å². The van der Waals surface area contributed by atoms with Crippen LogP contribution in [0.25, 0.3) is 0 Å². The zero-order valence-corrected chi connectivity index (χ0v) is 20.0. The normalized spacial score (nSPS) is 13.8. The Balaban J connectivity index is 0.00000193. The average molecular weight is 526 g/mol. The van der Waals surface area contributed by atoms with Crippen LogP contribution in [0.5, 0.6) is 0 Å². The average Bonchev–Trinajstić information content (AvgIpc) is 3.58. The minimum absolute atomic E-state index is 0. The molecule has 0 spiro atoms. The lowest BCUT2D eigenvalue weighted by molar-refractivity contribution is -0.137. The number of aliphatic carboxylic acids is 1. The highest BCUT2D eigenvalue weighted by Gasteiger charge is 2.30. The van der Waals surface area contributed by atoms with E-state index in [-0.39, 0.29) is 30.4 Å². The van der Waals surface area contributed by atoms with Gasteiger partial charge in [0.25, 0.3) is 0 Å². The van der Waals surface area contributed by atoms with E-state index in [1.165, 1.54) is 54.9 Å². The van der Waals surface area contributed by atoms with Crippen LogP contribution in [0.1, 0.15) is 58.2 Å². The fourth-order valence-corrected chi connectivity index (χ4v) is 7.19. The molecule has 30 heavy (non-hydrogen) atoms. The van der Waals surface area contributed by atoms with Gasteiger partial charge in [-0.05, 0) is 101 Å². The number of hydrogen-bond acceptors (Lipinski definition) is 1. The van der Waals surface area contributed by atoms with Crippen LogP contribution in [0, 0.1) is 0 Å². The second-order valence-electron chi connectivity index (χ2n) is 8.57. The SMILES string of the molecule is I.O=C(O)CCCCc1c(P(c2ccc3c(c2)C3)c2ccc3c(c2)C3)ccc2c1C2. The van der Waals surface area contributed by atoms with Gasteiger partial charge in [-0.15, -0.1) is 24.0 Å². The van der Waals surface area contributed by atoms with E-state index in [9.17, 15) is 4.79 Å². The fourth-order valence-electron chi connectivity index (χ4n) is 4.58. The highest BCUT2D eigenvalue weighted by Crippen LogP contribution is 2.43. The molecule has 2 nitrogen and oxygen atoms in total. The minimum Gasteiger partial charge on any atom is -0.481 e. The van der Waals surface area contributed by atoms with E-state index in [4.69, 9.17) is 5.11 Å². The summed E-state index contributed by atoms with van der Waals surface area (Å²) in [6.45, 7) is 0. The first kappa shape index (κ1) is 20.2. The molecular weight excluding hydrogens is 502 g/mol. The maximum Gasteiger partial charge on any atom is 0.303 e. The molecule has 0 heterocycles. The first-order chi connectivity index (χ1) is 14.2. The van der Waals surface area contributed by atoms with Crippen molar-refractivity contribution in [2.45, 2.75) is 44.9 Å². The van der Waals surface area contributed by atoms with E-state index in [1.807, 2.05) is 0 Å². The van der Waals surface area contributed by atoms with Gasteiger partial charge in [0.1, 0.15) is 0 Å². The van der Waals surface area contributed by atoms with Crippen molar-refractivity contribution in [1.82, 2.24) is 0 Å². The number of carboxylic acids is 1. The molecule has 0 bridgehead atoms. The summed E-state index contributed by atoms with van der Waals surface area (Å²) in [5.41, 5.74) is 10.5. The van der Waals surface area contributed by atoms with E-state index >= 15 is 0 Å². The summed E-state index contributed by atoms with van der Waals surface area (Å²) >= 11 is 0. The topological polar surface area (TPSA) is 37.3 Å². The number of benzene rings is 3. The molecule has 0 saturated heterocycles. The molecule has 3 aliphatic carbocycles. The molecule has 1 N–H and O–H groups in total. The Kier molecular flexibility index (Phi) is 5.23. The Morgan fingerprint density at radius 1 is 0.800 bits per heavy atom. The maximum atomic E-state index is 10.9. The Bertz CT molecular complexity index is 1130. The highest BCUT2D eigenvalue weighted by atomic mass is 127. The lowest BCUT2D eigenvalue weighted by Crippen LogP contribution is -2.23. The Morgan fingerprint density at radius 2 is 1.43 bits per heavy atom. The summed E-state index contributed by atoms with van der Waals surface area (Å²) in [7, 11) is -0.565. The van der Waals surface area contributed by atoms with Crippen LogP contribution < -0.4 is 15.9 Å². The van der Waals surface area contributed by atoms with Gasteiger partial charge in [0, 0.05) is 6.42 Å². The largest absolute Gasteiger partial charge is 0.481 e. The summed E-state index contributed by atoms with van der Waals surface area (Å²) in [4.78, 5) is 10.9. The number of rotatable bonds is 8. The summed E-state index contributed by atoms with van der Waals surface area (Å²) in [5, 5.41) is 13.4. The molecule has 3 aromatic rings. The van der Waals surface area contributed by atoms with Crippen molar-refractivity contribution in [3.05, 3.63) is 87.5 Å². The first-order valence-electron chi connectivity index (χ1n) is 10.6. The monoisotopic (exact) mass is 526 g/mol. The molecule has 4 heteroatoms. The van der Waals surface area contributed by atoms with Crippen molar-refractivity contribution in [2.75, 3.05) is 0 Å². The predicted molar refractivity (Wildman–Crippen MR) is 134 cm³/mol. The third-order valence-corrected chi connectivity index (χ3v) is 8.95. The van der Waals surface area contributed by atoms with Crippen LogP contribution in [-0.2, 0) is 30.5 Å². The van der Waals surface area contributed by atoms with Crippen molar-refractivity contribution < 1.29 is 9.90 Å². The number of unbranched alkanes of at least 4 members (excludes halogenated alkanes) is 1. The van der Waals surface area contributed by atoms with E-state index in [0.29, 0.717) is 0 Å². The third-order valence-electron chi connectivity index (χ3n) is 6.46.